The summed E-state index contributed by atoms with van der Waals surface area (Å²) in [5, 5.41) is 16.9. The molecule has 9 nitrogen and oxygen atoms in total. The van der Waals surface area contributed by atoms with Crippen LogP contribution in [0.25, 0.3) is 11.1 Å². The van der Waals surface area contributed by atoms with Gasteiger partial charge in [-0.3, -0.25) is 14.4 Å². The Morgan fingerprint density at radius 2 is 1.66 bits per heavy atom. The quantitative estimate of drug-likeness (QED) is 0.459. The van der Waals surface area contributed by atoms with Gasteiger partial charge in [-0.1, -0.05) is 62.4 Å². The fraction of sp³-hybridized carbons (Fsp3) is 0.385. The first kappa shape index (κ1) is 24.3. The predicted octanol–water partition coefficient (Wildman–Crippen LogP) is 2.26. The molecular weight excluding hydrogens is 450 g/mol. The number of hydrogen-bond acceptors (Lipinski definition) is 5. The second-order valence-corrected chi connectivity index (χ2v) is 9.33. The number of nitrogens with one attached hydrogen (secondary N) is 3. The van der Waals surface area contributed by atoms with Crippen LogP contribution in [0.3, 0.4) is 0 Å². The number of hydrogen-bond donors (Lipinski definition) is 4. The fourth-order valence-corrected chi connectivity index (χ4v) is 4.76. The summed E-state index contributed by atoms with van der Waals surface area (Å²) >= 11 is 0. The molecule has 2 aromatic carbocycles. The van der Waals surface area contributed by atoms with Crippen molar-refractivity contribution in [2.24, 2.45) is 11.8 Å². The van der Waals surface area contributed by atoms with E-state index in [4.69, 9.17) is 4.74 Å². The fourth-order valence-electron chi connectivity index (χ4n) is 4.76. The molecule has 4 N–H and O–H groups in total. The highest BCUT2D eigenvalue weighted by molar-refractivity contribution is 5.96. The summed E-state index contributed by atoms with van der Waals surface area (Å²) < 4.78 is 5.55. The Kier molecular flexibility index (Phi) is 7.04. The van der Waals surface area contributed by atoms with Crippen molar-refractivity contribution in [1.82, 2.24) is 16.0 Å². The summed E-state index contributed by atoms with van der Waals surface area (Å²) in [6.45, 7) is 3.82. The monoisotopic (exact) mass is 479 g/mol. The third-order valence-electron chi connectivity index (χ3n) is 6.46. The molecule has 0 aromatic heterocycles. The van der Waals surface area contributed by atoms with Crippen molar-refractivity contribution in [1.29, 1.82) is 0 Å². The molecule has 35 heavy (non-hydrogen) atoms. The molecule has 1 aliphatic carbocycles. The molecule has 0 saturated carbocycles. The molecule has 0 spiro atoms. The maximum atomic E-state index is 12.9. The van der Waals surface area contributed by atoms with E-state index in [0.29, 0.717) is 6.42 Å². The minimum atomic E-state index is -1.20. The highest BCUT2D eigenvalue weighted by atomic mass is 16.5. The lowest BCUT2D eigenvalue weighted by molar-refractivity contribution is -0.143. The van der Waals surface area contributed by atoms with Gasteiger partial charge in [-0.15, -0.1) is 0 Å². The lowest BCUT2D eigenvalue weighted by atomic mass is 9.98. The van der Waals surface area contributed by atoms with Gasteiger partial charge < -0.3 is 25.8 Å². The third kappa shape index (κ3) is 5.13. The molecule has 184 valence electrons. The highest BCUT2D eigenvalue weighted by Gasteiger charge is 2.41. The van der Waals surface area contributed by atoms with E-state index in [1.54, 1.807) is 0 Å². The Morgan fingerprint density at radius 1 is 1.06 bits per heavy atom. The standard InChI is InChI=1S/C26H29N3O6/c1-14(2)11-21(23(30)29-22-19(25(32)33)12-27-24(22)31)28-26(34)35-13-20-17-9-5-3-7-15(17)16-8-4-6-10-18(16)20/h3-10,14,19-22H,11-13H2,1-2H3,(H,27,31)(H,28,34)(H,29,30)(H,32,33). The highest BCUT2D eigenvalue weighted by Crippen LogP contribution is 2.44. The summed E-state index contributed by atoms with van der Waals surface area (Å²) in [6, 6.07) is 13.8. The van der Waals surface area contributed by atoms with Crippen LogP contribution in [0.4, 0.5) is 4.79 Å². The zero-order valence-electron chi connectivity index (χ0n) is 19.6. The van der Waals surface area contributed by atoms with Gasteiger partial charge >= 0.3 is 12.1 Å². The van der Waals surface area contributed by atoms with Crippen molar-refractivity contribution in [2.45, 2.75) is 38.3 Å². The molecule has 2 aliphatic rings. The van der Waals surface area contributed by atoms with Gasteiger partial charge in [0, 0.05) is 12.5 Å². The lowest BCUT2D eigenvalue weighted by Crippen LogP contribution is -2.54. The second-order valence-electron chi connectivity index (χ2n) is 9.33. The average Bonchev–Trinajstić information content (AvgIpc) is 3.35. The van der Waals surface area contributed by atoms with Gasteiger partial charge in [0.1, 0.15) is 24.6 Å². The molecule has 3 amide bonds. The van der Waals surface area contributed by atoms with Crippen LogP contribution in [0.1, 0.15) is 37.3 Å². The van der Waals surface area contributed by atoms with E-state index >= 15 is 0 Å². The first-order valence-electron chi connectivity index (χ1n) is 11.7. The number of benzene rings is 2. The van der Waals surface area contributed by atoms with Gasteiger partial charge in [-0.05, 0) is 34.6 Å². The number of aliphatic carboxylic acids is 1. The third-order valence-corrected chi connectivity index (χ3v) is 6.46. The summed E-state index contributed by atoms with van der Waals surface area (Å²) in [4.78, 5) is 49.1. The number of amides is 3. The van der Waals surface area contributed by atoms with E-state index < -0.39 is 41.9 Å². The molecule has 4 rings (SSSR count). The Morgan fingerprint density at radius 3 is 2.23 bits per heavy atom. The summed E-state index contributed by atoms with van der Waals surface area (Å²) in [5.74, 6) is -3.51. The van der Waals surface area contributed by atoms with Crippen LogP contribution in [0, 0.1) is 11.8 Å². The number of alkyl carbamates (subject to hydrolysis) is 1. The minimum Gasteiger partial charge on any atom is -0.481 e. The number of carbonyl (C=O) groups is 4. The van der Waals surface area contributed by atoms with Gasteiger partial charge in [0.15, 0.2) is 0 Å². The second kappa shape index (κ2) is 10.2. The van der Waals surface area contributed by atoms with Crippen molar-refractivity contribution >= 4 is 23.9 Å². The maximum absolute atomic E-state index is 12.9. The molecular formula is C26H29N3O6. The van der Waals surface area contributed by atoms with Gasteiger partial charge in [0.25, 0.3) is 0 Å². The SMILES string of the molecule is CC(C)CC(NC(=O)OCC1c2ccccc2-c2ccccc21)C(=O)NC1C(=O)NCC1C(=O)O. The molecule has 1 heterocycles. The predicted molar refractivity (Wildman–Crippen MR) is 128 cm³/mol. The molecule has 0 bridgehead atoms. The number of carbonyl (C=O) groups excluding carboxylic acids is 3. The Balaban J connectivity index is 1.42. The van der Waals surface area contributed by atoms with Crippen LogP contribution in [0.5, 0.6) is 0 Å². The average molecular weight is 480 g/mol. The molecule has 1 aliphatic heterocycles. The van der Waals surface area contributed by atoms with E-state index in [1.165, 1.54) is 0 Å². The smallest absolute Gasteiger partial charge is 0.407 e. The minimum absolute atomic E-state index is 0.0484. The van der Waals surface area contributed by atoms with Gasteiger partial charge in [-0.2, -0.15) is 0 Å². The van der Waals surface area contributed by atoms with Crippen LogP contribution in [-0.4, -0.2) is 54.2 Å². The zero-order chi connectivity index (χ0) is 25.1. The molecule has 1 saturated heterocycles. The molecule has 1 fully saturated rings. The number of rotatable bonds is 8. The van der Waals surface area contributed by atoms with E-state index in [9.17, 15) is 24.3 Å². The lowest BCUT2D eigenvalue weighted by Gasteiger charge is -2.23. The topological polar surface area (TPSA) is 134 Å². The van der Waals surface area contributed by atoms with Crippen LogP contribution in [-0.2, 0) is 19.1 Å². The van der Waals surface area contributed by atoms with E-state index in [0.717, 1.165) is 22.3 Å². The summed E-state index contributed by atoms with van der Waals surface area (Å²) in [7, 11) is 0. The zero-order valence-corrected chi connectivity index (χ0v) is 19.6. The number of ether oxygens (including phenoxy) is 1. The molecule has 3 unspecified atom stereocenters. The largest absolute Gasteiger partial charge is 0.481 e. The maximum Gasteiger partial charge on any atom is 0.407 e. The molecule has 9 heteroatoms. The van der Waals surface area contributed by atoms with Gasteiger partial charge in [0.05, 0.1) is 0 Å². The van der Waals surface area contributed by atoms with Crippen LogP contribution < -0.4 is 16.0 Å². The summed E-state index contributed by atoms with van der Waals surface area (Å²) in [5.41, 5.74) is 4.36. The van der Waals surface area contributed by atoms with Crippen LogP contribution in [0.2, 0.25) is 0 Å². The molecule has 3 atom stereocenters. The van der Waals surface area contributed by atoms with E-state index in [-0.39, 0.29) is 25.0 Å². The first-order valence-corrected chi connectivity index (χ1v) is 11.7. The number of fused-ring (bicyclic) bond motifs is 3. The normalized spacial score (nSPS) is 19.5. The van der Waals surface area contributed by atoms with Crippen molar-refractivity contribution in [3.8, 4) is 11.1 Å². The molecule has 2 aromatic rings. The Labute approximate surface area is 203 Å². The van der Waals surface area contributed by atoms with Crippen molar-refractivity contribution in [3.05, 3.63) is 59.7 Å². The van der Waals surface area contributed by atoms with Gasteiger partial charge in [-0.25, -0.2) is 4.79 Å². The van der Waals surface area contributed by atoms with Crippen LogP contribution in [0.15, 0.2) is 48.5 Å². The Hall–Kier alpha value is -3.88. The van der Waals surface area contributed by atoms with Crippen molar-refractivity contribution in [3.63, 3.8) is 0 Å². The van der Waals surface area contributed by atoms with Crippen LogP contribution >= 0.6 is 0 Å². The van der Waals surface area contributed by atoms with E-state index in [1.807, 2.05) is 62.4 Å². The van der Waals surface area contributed by atoms with Crippen molar-refractivity contribution < 1.29 is 29.0 Å². The Bertz CT molecular complexity index is 1100. The van der Waals surface area contributed by atoms with Crippen molar-refractivity contribution in [2.75, 3.05) is 13.2 Å². The van der Waals surface area contributed by atoms with E-state index in [2.05, 4.69) is 16.0 Å². The first-order chi connectivity index (χ1) is 16.8. The summed E-state index contributed by atoms with van der Waals surface area (Å²) in [6.07, 6.45) is -0.458. The number of carboxylic acid groups (broad SMARTS) is 1. The molecule has 0 radical (unpaired) electrons. The van der Waals surface area contributed by atoms with Gasteiger partial charge in [0.2, 0.25) is 11.8 Å². The number of carboxylic acids is 1.